The molecule has 1 aliphatic rings. The second-order valence-electron chi connectivity index (χ2n) is 10.4. The van der Waals surface area contributed by atoms with E-state index in [0.29, 0.717) is 0 Å². The summed E-state index contributed by atoms with van der Waals surface area (Å²) in [7, 11) is 0. The molecule has 5 rings (SSSR count). The van der Waals surface area contributed by atoms with Gasteiger partial charge < -0.3 is 10.6 Å². The van der Waals surface area contributed by atoms with Crippen LogP contribution in [0.25, 0.3) is 28.3 Å². The van der Waals surface area contributed by atoms with Crippen molar-refractivity contribution in [1.29, 1.82) is 0 Å². The lowest BCUT2D eigenvalue weighted by atomic mass is 9.88. The maximum Gasteiger partial charge on any atom is 0.0441 e. The van der Waals surface area contributed by atoms with Crippen LogP contribution in [0.4, 0.5) is 5.69 Å². The average Bonchev–Trinajstić information content (AvgIpc) is 3.19. The SMILES string of the molecule is C=CCc1cc(Cl)c(CCc2cccc(-c3cccc(-c4ccc5c(c4)NCCNC5)c3C)c2C)cc1C=C. The van der Waals surface area contributed by atoms with Gasteiger partial charge in [0.15, 0.2) is 0 Å². The zero-order valence-electron chi connectivity index (χ0n) is 23.0. The first-order chi connectivity index (χ1) is 19.0. The number of halogens is 1. The van der Waals surface area contributed by atoms with Crippen molar-refractivity contribution in [3.63, 3.8) is 0 Å². The van der Waals surface area contributed by atoms with E-state index in [9.17, 15) is 0 Å². The quantitative estimate of drug-likeness (QED) is 0.221. The van der Waals surface area contributed by atoms with E-state index in [1.54, 1.807) is 0 Å². The molecule has 39 heavy (non-hydrogen) atoms. The summed E-state index contributed by atoms with van der Waals surface area (Å²) in [6, 6.07) is 24.4. The first-order valence-electron chi connectivity index (χ1n) is 13.8. The topological polar surface area (TPSA) is 24.1 Å². The lowest BCUT2D eigenvalue weighted by molar-refractivity contribution is 0.725. The molecule has 1 heterocycles. The Morgan fingerprint density at radius 3 is 2.33 bits per heavy atom. The summed E-state index contributed by atoms with van der Waals surface area (Å²) in [5.74, 6) is 0. The van der Waals surface area contributed by atoms with Crippen LogP contribution >= 0.6 is 11.6 Å². The van der Waals surface area contributed by atoms with Gasteiger partial charge in [-0.25, -0.2) is 0 Å². The molecule has 0 saturated carbocycles. The highest BCUT2D eigenvalue weighted by molar-refractivity contribution is 6.31. The molecule has 0 aromatic heterocycles. The Hall–Kier alpha value is -3.59. The third-order valence-electron chi connectivity index (χ3n) is 7.98. The van der Waals surface area contributed by atoms with E-state index >= 15 is 0 Å². The van der Waals surface area contributed by atoms with E-state index in [4.69, 9.17) is 11.6 Å². The standard InChI is InChI=1S/C36H37ClN2/c1-5-9-28-21-35(37)30(20-26(28)6-2)16-14-27-10-7-12-33(24(27)3)34-13-8-11-32(25(34)4)29-15-17-31-23-38-18-19-39-36(31)22-29/h5-8,10-13,15,17,20-22,38-39H,1-2,9,14,16,18-19,23H2,3-4H3. The Morgan fingerprint density at radius 1 is 0.795 bits per heavy atom. The number of aryl methyl sites for hydroxylation is 2. The van der Waals surface area contributed by atoms with Crippen LogP contribution in [0.3, 0.4) is 0 Å². The molecule has 4 aromatic carbocycles. The summed E-state index contributed by atoms with van der Waals surface area (Å²) in [5, 5.41) is 7.88. The second kappa shape index (κ2) is 12.1. The maximum absolute atomic E-state index is 6.70. The van der Waals surface area contributed by atoms with E-state index in [1.165, 1.54) is 55.8 Å². The molecular weight excluding hydrogens is 496 g/mol. The number of fused-ring (bicyclic) bond motifs is 1. The molecule has 2 N–H and O–H groups in total. The number of hydrogen-bond donors (Lipinski definition) is 2. The van der Waals surface area contributed by atoms with E-state index < -0.39 is 0 Å². The molecule has 0 saturated heterocycles. The Labute approximate surface area is 238 Å². The largest absolute Gasteiger partial charge is 0.383 e. The molecule has 0 bridgehead atoms. The minimum atomic E-state index is 0.792. The number of anilines is 1. The van der Waals surface area contributed by atoms with Gasteiger partial charge in [-0.1, -0.05) is 78.9 Å². The van der Waals surface area contributed by atoms with Crippen molar-refractivity contribution in [3.05, 3.63) is 130 Å². The van der Waals surface area contributed by atoms with Gasteiger partial charge in [0, 0.05) is 30.3 Å². The summed E-state index contributed by atoms with van der Waals surface area (Å²) in [6.45, 7) is 15.2. The monoisotopic (exact) mass is 532 g/mol. The van der Waals surface area contributed by atoms with Gasteiger partial charge in [-0.05, 0) is 113 Å². The Balaban J connectivity index is 1.44. The molecular formula is C36H37ClN2. The summed E-state index contributed by atoms with van der Waals surface area (Å²) in [4.78, 5) is 0. The van der Waals surface area contributed by atoms with Crippen LogP contribution in [0.5, 0.6) is 0 Å². The Kier molecular flexibility index (Phi) is 8.35. The number of allylic oxidation sites excluding steroid dienone is 1. The van der Waals surface area contributed by atoms with Crippen molar-refractivity contribution < 1.29 is 0 Å². The molecule has 0 amide bonds. The molecule has 0 fully saturated rings. The minimum absolute atomic E-state index is 0.792. The molecule has 0 atom stereocenters. The fourth-order valence-corrected chi connectivity index (χ4v) is 6.00. The van der Waals surface area contributed by atoms with Gasteiger partial charge in [0.1, 0.15) is 0 Å². The Bertz CT molecular complexity index is 1530. The van der Waals surface area contributed by atoms with Crippen molar-refractivity contribution in [2.45, 2.75) is 39.7 Å². The molecule has 2 nitrogen and oxygen atoms in total. The van der Waals surface area contributed by atoms with Crippen LogP contribution in [0, 0.1) is 13.8 Å². The maximum atomic E-state index is 6.70. The van der Waals surface area contributed by atoms with E-state index in [1.807, 2.05) is 12.2 Å². The molecule has 0 unspecified atom stereocenters. The van der Waals surface area contributed by atoms with Crippen LogP contribution in [0.15, 0.2) is 86.0 Å². The second-order valence-corrected chi connectivity index (χ2v) is 10.8. The van der Waals surface area contributed by atoms with Crippen molar-refractivity contribution in [2.75, 3.05) is 18.4 Å². The van der Waals surface area contributed by atoms with Gasteiger partial charge in [-0.2, -0.15) is 0 Å². The summed E-state index contributed by atoms with van der Waals surface area (Å²) >= 11 is 6.70. The van der Waals surface area contributed by atoms with Gasteiger partial charge in [0.05, 0.1) is 0 Å². The van der Waals surface area contributed by atoms with Gasteiger partial charge in [0.2, 0.25) is 0 Å². The third-order valence-corrected chi connectivity index (χ3v) is 8.33. The van der Waals surface area contributed by atoms with Gasteiger partial charge in [0.25, 0.3) is 0 Å². The van der Waals surface area contributed by atoms with Crippen molar-refractivity contribution in [2.24, 2.45) is 0 Å². The number of benzene rings is 4. The lowest BCUT2D eigenvalue weighted by Gasteiger charge is -2.17. The van der Waals surface area contributed by atoms with Crippen LogP contribution in [0.2, 0.25) is 5.02 Å². The van der Waals surface area contributed by atoms with Crippen molar-refractivity contribution >= 4 is 23.4 Å². The number of hydrogen-bond acceptors (Lipinski definition) is 2. The van der Waals surface area contributed by atoms with Crippen LogP contribution in [-0.2, 0) is 25.8 Å². The van der Waals surface area contributed by atoms with Gasteiger partial charge >= 0.3 is 0 Å². The highest BCUT2D eigenvalue weighted by Crippen LogP contribution is 2.36. The first kappa shape index (κ1) is 27.0. The number of rotatable bonds is 8. The zero-order valence-corrected chi connectivity index (χ0v) is 23.8. The molecule has 0 radical (unpaired) electrons. The highest BCUT2D eigenvalue weighted by Gasteiger charge is 2.15. The fraction of sp³-hybridized carbons (Fsp3) is 0.222. The van der Waals surface area contributed by atoms with Crippen LogP contribution in [-0.4, -0.2) is 13.1 Å². The summed E-state index contributed by atoms with van der Waals surface area (Å²) in [6.07, 6.45) is 6.43. The number of nitrogens with one attached hydrogen (secondary N) is 2. The predicted octanol–water partition coefficient (Wildman–Crippen LogP) is 8.96. The molecule has 3 heteroatoms. The molecule has 0 spiro atoms. The highest BCUT2D eigenvalue weighted by atomic mass is 35.5. The normalized spacial score (nSPS) is 12.8. The van der Waals surface area contributed by atoms with Crippen molar-refractivity contribution in [1.82, 2.24) is 5.32 Å². The minimum Gasteiger partial charge on any atom is -0.383 e. The molecule has 1 aliphatic heterocycles. The molecule has 0 aliphatic carbocycles. The average molecular weight is 533 g/mol. The van der Waals surface area contributed by atoms with Crippen molar-refractivity contribution in [3.8, 4) is 22.3 Å². The first-order valence-corrected chi connectivity index (χ1v) is 14.2. The van der Waals surface area contributed by atoms with Crippen LogP contribution in [0.1, 0.15) is 38.9 Å². The predicted molar refractivity (Wildman–Crippen MR) is 170 cm³/mol. The van der Waals surface area contributed by atoms with Gasteiger partial charge in [-0.15, -0.1) is 6.58 Å². The van der Waals surface area contributed by atoms with Gasteiger partial charge in [-0.3, -0.25) is 0 Å². The zero-order chi connectivity index (χ0) is 27.4. The van der Waals surface area contributed by atoms with E-state index in [0.717, 1.165) is 55.0 Å². The smallest absolute Gasteiger partial charge is 0.0441 e. The molecule has 4 aromatic rings. The van der Waals surface area contributed by atoms with E-state index in [-0.39, 0.29) is 0 Å². The Morgan fingerprint density at radius 2 is 1.54 bits per heavy atom. The van der Waals surface area contributed by atoms with E-state index in [2.05, 4.69) is 104 Å². The summed E-state index contributed by atoms with van der Waals surface area (Å²) in [5.41, 5.74) is 15.1. The summed E-state index contributed by atoms with van der Waals surface area (Å²) < 4.78 is 0. The van der Waals surface area contributed by atoms with Crippen LogP contribution < -0.4 is 10.6 Å². The molecule has 198 valence electrons. The lowest BCUT2D eigenvalue weighted by Crippen LogP contribution is -2.16. The fourth-order valence-electron chi connectivity index (χ4n) is 5.72. The third kappa shape index (κ3) is 5.73.